The number of amides is 1. The summed E-state index contributed by atoms with van der Waals surface area (Å²) in [6.45, 7) is 22.4. The van der Waals surface area contributed by atoms with Crippen LogP contribution in [0.4, 0.5) is 5.82 Å². The molecule has 6 unspecified atom stereocenters. The maximum atomic E-state index is 13.7. The fraction of sp³-hybridized carbons (Fsp3) is 0.489. The summed E-state index contributed by atoms with van der Waals surface area (Å²) in [6, 6.07) is 28.1. The summed E-state index contributed by atoms with van der Waals surface area (Å²) in [6.07, 6.45) is 3.30. The molecule has 2 heterocycles. The Kier molecular flexibility index (Phi) is 17.4. The van der Waals surface area contributed by atoms with Crippen molar-refractivity contribution < 1.29 is 28.1 Å². The number of ether oxygens (including phenoxy) is 3. The van der Waals surface area contributed by atoms with Crippen molar-refractivity contribution in [3.05, 3.63) is 135 Å². The minimum absolute atomic E-state index is 0.0665. The molecule has 0 spiro atoms. The van der Waals surface area contributed by atoms with Gasteiger partial charge in [-0.25, -0.2) is 16.0 Å². The first-order chi connectivity index (χ1) is 28.9. The number of rotatable bonds is 22. The SMILES string of the molecule is [C-]#[N+]CCOP(OC1CC(n2ccc(NC(=O)C(CC)CCCC)nc2=O)OC1COC(c1ccccc1)(c1ccc(C)cc1)c1ccc(OC)cc1)N(C(C)C)C(C)C. The van der Waals surface area contributed by atoms with E-state index < -0.39 is 38.3 Å². The molecule has 1 aromatic heterocycles. The molecular weight excluding hydrogens is 778 g/mol. The topological polar surface area (TPSA) is 118 Å². The number of hydrogen-bond donors (Lipinski definition) is 1. The number of carbonyl (C=O) groups is 1. The maximum absolute atomic E-state index is 13.7. The van der Waals surface area contributed by atoms with E-state index in [1.807, 2.05) is 49.4 Å². The predicted molar refractivity (Wildman–Crippen MR) is 237 cm³/mol. The third-order valence-electron chi connectivity index (χ3n) is 10.8. The Morgan fingerprint density at radius 2 is 1.65 bits per heavy atom. The van der Waals surface area contributed by atoms with E-state index in [1.165, 1.54) is 4.57 Å². The first-order valence-corrected chi connectivity index (χ1v) is 22.3. The van der Waals surface area contributed by atoms with Gasteiger partial charge in [0, 0.05) is 30.6 Å². The number of aryl methyl sites for hydroxylation is 1. The maximum Gasteiger partial charge on any atom is 0.351 e. The van der Waals surface area contributed by atoms with Crippen LogP contribution < -0.4 is 15.7 Å². The van der Waals surface area contributed by atoms with Gasteiger partial charge in [0.2, 0.25) is 12.5 Å². The summed E-state index contributed by atoms with van der Waals surface area (Å²) >= 11 is 0. The van der Waals surface area contributed by atoms with Gasteiger partial charge in [-0.1, -0.05) is 99.0 Å². The zero-order chi connectivity index (χ0) is 43.2. The quantitative estimate of drug-likeness (QED) is 0.0357. The Hall–Kier alpha value is -4.47. The highest BCUT2D eigenvalue weighted by Gasteiger charge is 2.45. The lowest BCUT2D eigenvalue weighted by molar-refractivity contribution is -0.120. The fourth-order valence-electron chi connectivity index (χ4n) is 7.68. The van der Waals surface area contributed by atoms with Crippen molar-refractivity contribution in [2.24, 2.45) is 5.92 Å². The van der Waals surface area contributed by atoms with Crippen LogP contribution in [-0.4, -0.2) is 71.3 Å². The lowest BCUT2D eigenvalue weighted by Gasteiger charge is -2.39. The number of unbranched alkanes of at least 4 members (excludes halogenated alkanes) is 1. The Labute approximate surface area is 357 Å². The third-order valence-corrected chi connectivity index (χ3v) is 13.0. The average molecular weight is 840 g/mol. The van der Waals surface area contributed by atoms with Crippen molar-refractivity contribution in [1.29, 1.82) is 0 Å². The summed E-state index contributed by atoms with van der Waals surface area (Å²) in [5, 5.41) is 2.86. The Bertz CT molecular complexity index is 2030. The Balaban J connectivity index is 1.54. The van der Waals surface area contributed by atoms with E-state index in [4.69, 9.17) is 29.8 Å². The molecule has 60 heavy (non-hydrogen) atoms. The van der Waals surface area contributed by atoms with Crippen LogP contribution >= 0.6 is 8.53 Å². The van der Waals surface area contributed by atoms with Crippen LogP contribution in [0.3, 0.4) is 0 Å². The molecule has 4 aromatic rings. The van der Waals surface area contributed by atoms with Crippen LogP contribution in [0.2, 0.25) is 0 Å². The average Bonchev–Trinajstić information content (AvgIpc) is 3.64. The van der Waals surface area contributed by atoms with Crippen LogP contribution in [-0.2, 0) is 28.9 Å². The minimum atomic E-state index is -1.67. The van der Waals surface area contributed by atoms with Crippen molar-refractivity contribution in [3.8, 4) is 5.75 Å². The van der Waals surface area contributed by atoms with E-state index in [-0.39, 0.29) is 55.9 Å². The molecule has 0 radical (unpaired) electrons. The van der Waals surface area contributed by atoms with Crippen molar-refractivity contribution in [1.82, 2.24) is 14.2 Å². The van der Waals surface area contributed by atoms with E-state index >= 15 is 0 Å². The molecule has 1 amide bonds. The highest BCUT2D eigenvalue weighted by molar-refractivity contribution is 7.44. The molecule has 0 bridgehead atoms. The smallest absolute Gasteiger partial charge is 0.351 e. The molecule has 322 valence electrons. The normalized spacial score (nSPS) is 18.6. The summed E-state index contributed by atoms with van der Waals surface area (Å²) in [5.41, 5.74) is 2.20. The Morgan fingerprint density at radius 1 is 1.00 bits per heavy atom. The lowest BCUT2D eigenvalue weighted by atomic mass is 9.79. The molecule has 5 rings (SSSR count). The van der Waals surface area contributed by atoms with Gasteiger partial charge in [0.05, 0.1) is 19.8 Å². The number of nitrogens with zero attached hydrogens (tertiary/aromatic N) is 4. The first-order valence-electron chi connectivity index (χ1n) is 21.1. The van der Waals surface area contributed by atoms with Crippen molar-refractivity contribution in [2.75, 3.05) is 32.2 Å². The standard InChI is InChI=1S/C47H62N5O7P/c1-10-12-16-36(11-2)45(53)49-43-27-29-51(46(54)50-43)44-31-41(59-60(57-30-28-48-8)52(33(3)4)34(5)6)42(58-44)32-56-47(37-17-14-13-15-18-37,38-21-19-35(7)20-22-38)39-23-25-40(55-9)26-24-39/h13-15,17-27,29,33-34,36,41-42,44H,10-12,16,28,30-32H2,1-7,9H3,(H,49,50,53,54). The zero-order valence-electron chi connectivity index (χ0n) is 36.4. The second kappa shape index (κ2) is 22.4. The number of hydrogen-bond acceptors (Lipinski definition) is 9. The summed E-state index contributed by atoms with van der Waals surface area (Å²) in [4.78, 5) is 34.6. The number of carbonyl (C=O) groups excluding carboxylic acids is 1. The Morgan fingerprint density at radius 3 is 2.23 bits per heavy atom. The number of nitrogens with one attached hydrogen (secondary N) is 1. The summed E-state index contributed by atoms with van der Waals surface area (Å²) in [5.74, 6) is 0.623. The highest BCUT2D eigenvalue weighted by atomic mass is 31.2. The van der Waals surface area contributed by atoms with Gasteiger partial charge in [0.15, 0.2) is 0 Å². The van der Waals surface area contributed by atoms with E-state index in [1.54, 1.807) is 19.4 Å². The largest absolute Gasteiger partial charge is 0.497 e. The molecule has 1 fully saturated rings. The second-order valence-corrected chi connectivity index (χ2v) is 17.1. The van der Waals surface area contributed by atoms with E-state index in [0.717, 1.165) is 47.3 Å². The number of aromatic nitrogens is 2. The van der Waals surface area contributed by atoms with Crippen LogP contribution in [0.1, 0.15) is 102 Å². The zero-order valence-corrected chi connectivity index (χ0v) is 37.3. The first kappa shape index (κ1) is 46.6. The highest BCUT2D eigenvalue weighted by Crippen LogP contribution is 2.50. The molecule has 1 N–H and O–H groups in total. The molecule has 12 nitrogen and oxygen atoms in total. The van der Waals surface area contributed by atoms with Gasteiger partial charge in [0.1, 0.15) is 36.1 Å². The van der Waals surface area contributed by atoms with E-state index in [9.17, 15) is 9.59 Å². The van der Waals surface area contributed by atoms with Gasteiger partial charge in [-0.05, 0) is 82.3 Å². The minimum Gasteiger partial charge on any atom is -0.497 e. The predicted octanol–water partition coefficient (Wildman–Crippen LogP) is 9.68. The molecule has 13 heteroatoms. The van der Waals surface area contributed by atoms with Gasteiger partial charge in [-0.2, -0.15) is 4.98 Å². The third kappa shape index (κ3) is 11.5. The fourth-order valence-corrected chi connectivity index (χ4v) is 9.43. The molecule has 0 saturated carbocycles. The lowest BCUT2D eigenvalue weighted by Crippen LogP contribution is -2.39. The van der Waals surface area contributed by atoms with Crippen LogP contribution in [0, 0.1) is 19.4 Å². The molecule has 1 aliphatic heterocycles. The molecule has 1 saturated heterocycles. The molecular formula is C47H62N5O7P. The van der Waals surface area contributed by atoms with Crippen molar-refractivity contribution in [2.45, 2.75) is 117 Å². The van der Waals surface area contributed by atoms with E-state index in [0.29, 0.717) is 6.42 Å². The van der Waals surface area contributed by atoms with Crippen molar-refractivity contribution >= 4 is 20.3 Å². The van der Waals surface area contributed by atoms with Crippen LogP contribution in [0.15, 0.2) is 95.9 Å². The van der Waals surface area contributed by atoms with Gasteiger partial charge < -0.3 is 33.4 Å². The monoisotopic (exact) mass is 839 g/mol. The molecule has 6 atom stereocenters. The van der Waals surface area contributed by atoms with Crippen LogP contribution in [0.5, 0.6) is 5.75 Å². The number of benzene rings is 3. The summed E-state index contributed by atoms with van der Waals surface area (Å²) in [7, 11) is -0.0219. The van der Waals surface area contributed by atoms with Gasteiger partial charge in [-0.15, -0.1) is 0 Å². The van der Waals surface area contributed by atoms with Gasteiger partial charge in [0.25, 0.3) is 8.53 Å². The molecule has 0 aliphatic carbocycles. The molecule has 3 aromatic carbocycles. The second-order valence-electron chi connectivity index (χ2n) is 15.7. The van der Waals surface area contributed by atoms with Crippen LogP contribution in [0.25, 0.3) is 4.85 Å². The number of anilines is 1. The van der Waals surface area contributed by atoms with Crippen molar-refractivity contribution in [3.63, 3.8) is 0 Å². The molecule has 1 aliphatic rings. The number of methoxy groups -OCH3 is 1. The summed E-state index contributed by atoms with van der Waals surface area (Å²) < 4.78 is 36.6. The van der Waals surface area contributed by atoms with Gasteiger partial charge >= 0.3 is 5.69 Å². The van der Waals surface area contributed by atoms with Gasteiger partial charge in [-0.3, -0.25) is 9.36 Å². The van der Waals surface area contributed by atoms with E-state index in [2.05, 4.69) is 97.8 Å².